The minimum Gasteiger partial charge on any atom is -0.481 e. The van der Waals surface area contributed by atoms with Gasteiger partial charge in [-0.15, -0.1) is 0 Å². The van der Waals surface area contributed by atoms with Gasteiger partial charge in [-0.05, 0) is 5.56 Å². The molecule has 1 aromatic rings. The third kappa shape index (κ3) is 2.00. The highest BCUT2D eigenvalue weighted by atomic mass is 16.4. The molecule has 1 fully saturated rings. The molecule has 0 bridgehead atoms. The zero-order valence-corrected chi connectivity index (χ0v) is 10.1. The summed E-state index contributed by atoms with van der Waals surface area (Å²) < 4.78 is 0. The Labute approximate surface area is 109 Å². The van der Waals surface area contributed by atoms with Crippen LogP contribution in [0.2, 0.25) is 0 Å². The standard InChI is InChI=1S/C13H14N2O4/c14-7-13(8-4-2-1-3-5-8)9(6-10(16)17)11(18)15-12(13)19/h1-5,9H,6-7,14H2,(H,16,17)(H,15,18,19). The molecule has 1 aromatic carbocycles. The van der Waals surface area contributed by atoms with E-state index in [4.69, 9.17) is 10.8 Å². The lowest BCUT2D eigenvalue weighted by molar-refractivity contribution is -0.141. The van der Waals surface area contributed by atoms with Gasteiger partial charge in [-0.3, -0.25) is 19.7 Å². The van der Waals surface area contributed by atoms with Crippen molar-refractivity contribution >= 4 is 17.8 Å². The normalized spacial score (nSPS) is 26.3. The predicted octanol–water partition coefficient (Wildman–Crippen LogP) is -0.370. The number of carbonyl (C=O) groups is 3. The van der Waals surface area contributed by atoms with Gasteiger partial charge in [-0.1, -0.05) is 30.3 Å². The summed E-state index contributed by atoms with van der Waals surface area (Å²) in [6, 6.07) is 8.58. The quantitative estimate of drug-likeness (QED) is 0.641. The van der Waals surface area contributed by atoms with Crippen molar-refractivity contribution < 1.29 is 19.5 Å². The maximum absolute atomic E-state index is 12.1. The first-order chi connectivity index (χ1) is 9.02. The van der Waals surface area contributed by atoms with E-state index in [9.17, 15) is 14.4 Å². The van der Waals surface area contributed by atoms with Crippen LogP contribution < -0.4 is 11.1 Å². The molecule has 0 aromatic heterocycles. The van der Waals surface area contributed by atoms with Crippen molar-refractivity contribution in [1.29, 1.82) is 0 Å². The number of carbonyl (C=O) groups excluding carboxylic acids is 2. The molecule has 2 atom stereocenters. The molecule has 4 N–H and O–H groups in total. The van der Waals surface area contributed by atoms with E-state index in [1.54, 1.807) is 30.3 Å². The lowest BCUT2D eigenvalue weighted by atomic mass is 9.70. The molecule has 1 aliphatic heterocycles. The Hall–Kier alpha value is -2.21. The second kappa shape index (κ2) is 4.81. The summed E-state index contributed by atoms with van der Waals surface area (Å²) >= 11 is 0. The van der Waals surface area contributed by atoms with Crippen molar-refractivity contribution in [3.63, 3.8) is 0 Å². The summed E-state index contributed by atoms with van der Waals surface area (Å²) in [7, 11) is 0. The van der Waals surface area contributed by atoms with E-state index in [1.807, 2.05) is 0 Å². The van der Waals surface area contributed by atoms with Crippen LogP contribution in [0.25, 0.3) is 0 Å². The highest BCUT2D eigenvalue weighted by Crippen LogP contribution is 2.38. The van der Waals surface area contributed by atoms with Crippen LogP contribution in [-0.4, -0.2) is 29.4 Å². The highest BCUT2D eigenvalue weighted by Gasteiger charge is 2.56. The third-order valence-corrected chi connectivity index (χ3v) is 3.54. The number of aliphatic carboxylic acids is 1. The molecule has 2 rings (SSSR count). The minimum atomic E-state index is -1.29. The topological polar surface area (TPSA) is 109 Å². The van der Waals surface area contributed by atoms with Gasteiger partial charge in [0.1, 0.15) is 0 Å². The highest BCUT2D eigenvalue weighted by molar-refractivity contribution is 6.11. The Kier molecular flexibility index (Phi) is 3.35. The van der Waals surface area contributed by atoms with Gasteiger partial charge < -0.3 is 10.8 Å². The van der Waals surface area contributed by atoms with Crippen LogP contribution in [0.3, 0.4) is 0 Å². The lowest BCUT2D eigenvalue weighted by Gasteiger charge is -2.29. The van der Waals surface area contributed by atoms with E-state index in [2.05, 4.69) is 5.32 Å². The Morgan fingerprint density at radius 2 is 1.95 bits per heavy atom. The third-order valence-electron chi connectivity index (χ3n) is 3.54. The lowest BCUT2D eigenvalue weighted by Crippen LogP contribution is -2.47. The molecule has 0 saturated carbocycles. The fraction of sp³-hybridized carbons (Fsp3) is 0.308. The molecular formula is C13H14N2O4. The van der Waals surface area contributed by atoms with Gasteiger partial charge >= 0.3 is 5.97 Å². The number of hydrogen-bond donors (Lipinski definition) is 3. The fourth-order valence-electron chi connectivity index (χ4n) is 2.55. The smallest absolute Gasteiger partial charge is 0.304 e. The van der Waals surface area contributed by atoms with Crippen molar-refractivity contribution in [1.82, 2.24) is 5.32 Å². The summed E-state index contributed by atoms with van der Waals surface area (Å²) in [4.78, 5) is 34.9. The SMILES string of the molecule is NCC1(c2ccccc2)C(=O)NC(=O)C1CC(=O)O. The van der Waals surface area contributed by atoms with E-state index in [0.29, 0.717) is 5.56 Å². The average molecular weight is 262 g/mol. The van der Waals surface area contributed by atoms with Crippen LogP contribution >= 0.6 is 0 Å². The predicted molar refractivity (Wildman–Crippen MR) is 66.1 cm³/mol. The molecule has 6 nitrogen and oxygen atoms in total. The van der Waals surface area contributed by atoms with Crippen LogP contribution in [0, 0.1) is 5.92 Å². The first-order valence-electron chi connectivity index (χ1n) is 5.85. The number of hydrogen-bond acceptors (Lipinski definition) is 4. The number of benzene rings is 1. The zero-order valence-electron chi connectivity index (χ0n) is 10.1. The van der Waals surface area contributed by atoms with E-state index in [-0.39, 0.29) is 6.54 Å². The molecule has 19 heavy (non-hydrogen) atoms. The maximum Gasteiger partial charge on any atom is 0.304 e. The average Bonchev–Trinajstić information content (AvgIpc) is 2.62. The molecule has 1 heterocycles. The minimum absolute atomic E-state index is 0.119. The number of imide groups is 1. The van der Waals surface area contributed by atoms with E-state index >= 15 is 0 Å². The molecule has 1 aliphatic rings. The maximum atomic E-state index is 12.1. The molecular weight excluding hydrogens is 248 g/mol. The number of carboxylic acid groups (broad SMARTS) is 1. The summed E-state index contributed by atoms with van der Waals surface area (Å²) in [6.45, 7) is -0.119. The molecule has 1 saturated heterocycles. The van der Waals surface area contributed by atoms with Crippen LogP contribution in [-0.2, 0) is 19.8 Å². The Balaban J connectivity index is 2.54. The van der Waals surface area contributed by atoms with Crippen molar-refractivity contribution in [2.24, 2.45) is 11.7 Å². The second-order valence-corrected chi connectivity index (χ2v) is 4.51. The molecule has 2 amide bonds. The first kappa shape index (κ1) is 13.2. The number of nitrogens with one attached hydrogen (secondary N) is 1. The van der Waals surface area contributed by atoms with Gasteiger partial charge in [0.15, 0.2) is 0 Å². The number of rotatable bonds is 4. The van der Waals surface area contributed by atoms with Crippen LogP contribution in [0.1, 0.15) is 12.0 Å². The molecule has 6 heteroatoms. The van der Waals surface area contributed by atoms with Gasteiger partial charge in [-0.2, -0.15) is 0 Å². The molecule has 100 valence electrons. The summed E-state index contributed by atoms with van der Waals surface area (Å²) in [5.41, 5.74) is 4.98. The fourth-order valence-corrected chi connectivity index (χ4v) is 2.55. The van der Waals surface area contributed by atoms with Crippen molar-refractivity contribution in [2.75, 3.05) is 6.54 Å². The van der Waals surface area contributed by atoms with Crippen LogP contribution in [0.4, 0.5) is 0 Å². The molecule has 0 radical (unpaired) electrons. The van der Waals surface area contributed by atoms with Crippen molar-refractivity contribution in [3.05, 3.63) is 35.9 Å². The Morgan fingerprint density at radius 3 is 2.47 bits per heavy atom. The van der Waals surface area contributed by atoms with Gasteiger partial charge in [0, 0.05) is 6.54 Å². The summed E-state index contributed by atoms with van der Waals surface area (Å²) in [5.74, 6) is -3.23. The summed E-state index contributed by atoms with van der Waals surface area (Å²) in [6.07, 6.45) is -0.427. The molecule has 0 spiro atoms. The second-order valence-electron chi connectivity index (χ2n) is 4.51. The Morgan fingerprint density at radius 1 is 1.32 bits per heavy atom. The molecule has 2 unspecified atom stereocenters. The first-order valence-corrected chi connectivity index (χ1v) is 5.85. The van der Waals surface area contributed by atoms with Crippen molar-refractivity contribution in [2.45, 2.75) is 11.8 Å². The Bertz CT molecular complexity index is 529. The van der Waals surface area contributed by atoms with Gasteiger partial charge in [0.2, 0.25) is 11.8 Å². The number of carboxylic acids is 1. The van der Waals surface area contributed by atoms with Crippen LogP contribution in [0.5, 0.6) is 0 Å². The van der Waals surface area contributed by atoms with Gasteiger partial charge in [0.25, 0.3) is 0 Å². The number of nitrogens with two attached hydrogens (primary N) is 1. The van der Waals surface area contributed by atoms with E-state index < -0.39 is 35.5 Å². The van der Waals surface area contributed by atoms with E-state index in [1.165, 1.54) is 0 Å². The summed E-state index contributed by atoms with van der Waals surface area (Å²) in [5, 5.41) is 11.1. The molecule has 0 aliphatic carbocycles. The van der Waals surface area contributed by atoms with Crippen LogP contribution in [0.15, 0.2) is 30.3 Å². The van der Waals surface area contributed by atoms with E-state index in [0.717, 1.165) is 0 Å². The monoisotopic (exact) mass is 262 g/mol. The van der Waals surface area contributed by atoms with Gasteiger partial charge in [0.05, 0.1) is 17.8 Å². The zero-order chi connectivity index (χ0) is 14.0. The number of amides is 2. The largest absolute Gasteiger partial charge is 0.481 e. The van der Waals surface area contributed by atoms with Gasteiger partial charge in [-0.25, -0.2) is 0 Å². The van der Waals surface area contributed by atoms with Crippen molar-refractivity contribution in [3.8, 4) is 0 Å².